The summed E-state index contributed by atoms with van der Waals surface area (Å²) in [7, 11) is 0. The maximum atomic E-state index is 13.3. The van der Waals surface area contributed by atoms with E-state index in [1.54, 1.807) is 12.4 Å². The molecule has 0 aliphatic carbocycles. The lowest BCUT2D eigenvalue weighted by atomic mass is 9.95. The summed E-state index contributed by atoms with van der Waals surface area (Å²) < 4.78 is 15.4. The Bertz CT molecular complexity index is 723. The molecule has 1 aromatic heterocycles. The first-order valence-electron chi connectivity index (χ1n) is 7.94. The van der Waals surface area contributed by atoms with Crippen LogP contribution in [0.4, 0.5) is 10.1 Å². The van der Waals surface area contributed by atoms with E-state index >= 15 is 0 Å². The third-order valence-electron chi connectivity index (χ3n) is 4.44. The number of nitriles is 1. The van der Waals surface area contributed by atoms with Crippen LogP contribution in [0.1, 0.15) is 50.0 Å². The van der Waals surface area contributed by atoms with Crippen LogP contribution in [0.3, 0.4) is 0 Å². The zero-order valence-electron chi connectivity index (χ0n) is 13.4. The summed E-state index contributed by atoms with van der Waals surface area (Å²) in [6.07, 6.45) is 3.70. The number of anilines is 1. The van der Waals surface area contributed by atoms with Gasteiger partial charge in [-0.1, -0.05) is 0 Å². The van der Waals surface area contributed by atoms with Crippen LogP contribution in [0.15, 0.2) is 24.5 Å². The molecule has 1 aromatic carbocycles. The van der Waals surface area contributed by atoms with Gasteiger partial charge in [-0.2, -0.15) is 5.26 Å². The standard InChI is InChI=1S/C17H20FN5/c1-12(2)23-11-20-21-17(23)13-5-7-22(8-6-13)16-4-3-15(18)9-14(16)10-19/h3-4,9,11-13H,5-8H2,1-2H3. The fraction of sp³-hybridized carbons (Fsp3) is 0.471. The molecule has 2 heterocycles. The molecule has 6 heteroatoms. The monoisotopic (exact) mass is 313 g/mol. The van der Waals surface area contributed by atoms with Crippen molar-refractivity contribution in [1.29, 1.82) is 5.26 Å². The molecule has 0 N–H and O–H groups in total. The summed E-state index contributed by atoms with van der Waals surface area (Å²) in [5, 5.41) is 17.6. The van der Waals surface area contributed by atoms with Gasteiger partial charge in [0.05, 0.1) is 11.3 Å². The van der Waals surface area contributed by atoms with Crippen molar-refractivity contribution in [3.05, 3.63) is 41.7 Å². The van der Waals surface area contributed by atoms with E-state index in [-0.39, 0.29) is 5.82 Å². The first-order chi connectivity index (χ1) is 11.1. The number of piperidine rings is 1. The Morgan fingerprint density at radius 1 is 1.30 bits per heavy atom. The number of halogens is 1. The highest BCUT2D eigenvalue weighted by atomic mass is 19.1. The fourth-order valence-corrected chi connectivity index (χ4v) is 3.19. The van der Waals surface area contributed by atoms with Crippen LogP contribution in [-0.2, 0) is 0 Å². The molecule has 2 aromatic rings. The third kappa shape index (κ3) is 3.04. The van der Waals surface area contributed by atoms with E-state index in [2.05, 4.69) is 39.6 Å². The highest BCUT2D eigenvalue weighted by Gasteiger charge is 2.26. The molecule has 1 fully saturated rings. The molecular weight excluding hydrogens is 293 g/mol. The van der Waals surface area contributed by atoms with Crippen molar-refractivity contribution in [2.24, 2.45) is 0 Å². The average Bonchev–Trinajstić information content (AvgIpc) is 3.05. The predicted molar refractivity (Wildman–Crippen MR) is 85.7 cm³/mol. The van der Waals surface area contributed by atoms with E-state index in [1.807, 2.05) is 0 Å². The minimum absolute atomic E-state index is 0.348. The van der Waals surface area contributed by atoms with Crippen LogP contribution in [0, 0.1) is 17.1 Å². The number of benzene rings is 1. The Balaban J connectivity index is 1.74. The van der Waals surface area contributed by atoms with E-state index in [9.17, 15) is 9.65 Å². The van der Waals surface area contributed by atoms with Crippen molar-refractivity contribution in [3.8, 4) is 6.07 Å². The van der Waals surface area contributed by atoms with E-state index in [4.69, 9.17) is 0 Å². The zero-order chi connectivity index (χ0) is 16.4. The minimum atomic E-state index is -0.370. The molecule has 0 bridgehead atoms. The smallest absolute Gasteiger partial charge is 0.136 e. The first-order valence-corrected chi connectivity index (χ1v) is 7.94. The number of hydrogen-bond donors (Lipinski definition) is 0. The van der Waals surface area contributed by atoms with Gasteiger partial charge in [0.1, 0.15) is 24.0 Å². The summed E-state index contributed by atoms with van der Waals surface area (Å²) in [6, 6.07) is 6.85. The molecule has 0 amide bonds. The first kappa shape index (κ1) is 15.5. The van der Waals surface area contributed by atoms with Gasteiger partial charge in [0, 0.05) is 25.0 Å². The fourth-order valence-electron chi connectivity index (χ4n) is 3.19. The topological polar surface area (TPSA) is 57.7 Å². The molecule has 1 saturated heterocycles. The van der Waals surface area contributed by atoms with E-state index in [0.29, 0.717) is 17.5 Å². The average molecular weight is 313 g/mol. The van der Waals surface area contributed by atoms with Gasteiger partial charge in [-0.25, -0.2) is 4.39 Å². The van der Waals surface area contributed by atoms with Crippen LogP contribution in [0.5, 0.6) is 0 Å². The van der Waals surface area contributed by atoms with Crippen molar-refractivity contribution < 1.29 is 4.39 Å². The SMILES string of the molecule is CC(C)n1cnnc1C1CCN(c2ccc(F)cc2C#N)CC1. The Hall–Kier alpha value is -2.42. The van der Waals surface area contributed by atoms with Gasteiger partial charge >= 0.3 is 0 Å². The van der Waals surface area contributed by atoms with Crippen molar-refractivity contribution in [3.63, 3.8) is 0 Å². The van der Waals surface area contributed by atoms with Gasteiger partial charge in [0.25, 0.3) is 0 Å². The van der Waals surface area contributed by atoms with E-state index < -0.39 is 0 Å². The van der Waals surface area contributed by atoms with E-state index in [1.165, 1.54) is 12.1 Å². The lowest BCUT2D eigenvalue weighted by molar-refractivity contribution is 0.449. The van der Waals surface area contributed by atoms with Crippen molar-refractivity contribution in [2.45, 2.75) is 38.6 Å². The molecule has 120 valence electrons. The Labute approximate surface area is 135 Å². The van der Waals surface area contributed by atoms with Crippen molar-refractivity contribution in [1.82, 2.24) is 14.8 Å². The van der Waals surface area contributed by atoms with Crippen molar-refractivity contribution >= 4 is 5.69 Å². The molecule has 0 atom stereocenters. The quantitative estimate of drug-likeness (QED) is 0.873. The van der Waals surface area contributed by atoms with Gasteiger partial charge in [0.15, 0.2) is 0 Å². The summed E-state index contributed by atoms with van der Waals surface area (Å²) in [6.45, 7) is 5.91. The Morgan fingerprint density at radius 2 is 2.04 bits per heavy atom. The van der Waals surface area contributed by atoms with Crippen molar-refractivity contribution in [2.75, 3.05) is 18.0 Å². The van der Waals surface area contributed by atoms with Gasteiger partial charge in [0.2, 0.25) is 0 Å². The number of aromatic nitrogens is 3. The van der Waals surface area contributed by atoms with Crippen LogP contribution in [0.25, 0.3) is 0 Å². The molecule has 23 heavy (non-hydrogen) atoms. The summed E-state index contributed by atoms with van der Waals surface area (Å²) in [4.78, 5) is 2.16. The van der Waals surface area contributed by atoms with Crippen LogP contribution in [0.2, 0.25) is 0 Å². The molecule has 0 spiro atoms. The van der Waals surface area contributed by atoms with Crippen LogP contribution < -0.4 is 4.90 Å². The largest absolute Gasteiger partial charge is 0.370 e. The second-order valence-corrected chi connectivity index (χ2v) is 6.22. The Morgan fingerprint density at radius 3 is 2.70 bits per heavy atom. The lowest BCUT2D eigenvalue weighted by Gasteiger charge is -2.34. The van der Waals surface area contributed by atoms with E-state index in [0.717, 1.165) is 37.4 Å². The zero-order valence-corrected chi connectivity index (χ0v) is 13.4. The second-order valence-electron chi connectivity index (χ2n) is 6.22. The molecule has 0 radical (unpaired) electrons. The summed E-state index contributed by atoms with van der Waals surface area (Å²) in [5.74, 6) is 1.05. The molecule has 5 nitrogen and oxygen atoms in total. The number of hydrogen-bond acceptors (Lipinski definition) is 4. The minimum Gasteiger partial charge on any atom is -0.370 e. The van der Waals surface area contributed by atoms with Crippen LogP contribution >= 0.6 is 0 Å². The predicted octanol–water partition coefficient (Wildman–Crippen LogP) is 3.25. The maximum Gasteiger partial charge on any atom is 0.136 e. The lowest BCUT2D eigenvalue weighted by Crippen LogP contribution is -2.34. The normalized spacial score (nSPS) is 15.9. The second kappa shape index (κ2) is 6.37. The van der Waals surface area contributed by atoms with Gasteiger partial charge in [-0.15, -0.1) is 10.2 Å². The molecule has 0 unspecified atom stereocenters. The molecule has 0 saturated carbocycles. The molecular formula is C17H20FN5. The maximum absolute atomic E-state index is 13.3. The molecule has 3 rings (SSSR count). The number of rotatable bonds is 3. The third-order valence-corrected chi connectivity index (χ3v) is 4.44. The highest BCUT2D eigenvalue weighted by Crippen LogP contribution is 2.31. The molecule has 1 aliphatic heterocycles. The van der Waals surface area contributed by atoms with Crippen LogP contribution in [-0.4, -0.2) is 27.9 Å². The highest BCUT2D eigenvalue weighted by molar-refractivity contribution is 5.59. The molecule has 1 aliphatic rings. The Kier molecular flexibility index (Phi) is 4.28. The summed E-state index contributed by atoms with van der Waals surface area (Å²) >= 11 is 0. The summed E-state index contributed by atoms with van der Waals surface area (Å²) in [5.41, 5.74) is 1.21. The van der Waals surface area contributed by atoms with Gasteiger partial charge in [-0.05, 0) is 44.9 Å². The van der Waals surface area contributed by atoms with Gasteiger partial charge in [-0.3, -0.25) is 0 Å². The number of nitrogens with zero attached hydrogens (tertiary/aromatic N) is 5. The van der Waals surface area contributed by atoms with Gasteiger partial charge < -0.3 is 9.47 Å².